The van der Waals surface area contributed by atoms with E-state index in [2.05, 4.69) is 59.4 Å². The van der Waals surface area contributed by atoms with Gasteiger partial charge in [0.2, 0.25) is 0 Å². The summed E-state index contributed by atoms with van der Waals surface area (Å²) in [6.45, 7) is 15.3. The third-order valence-electron chi connectivity index (χ3n) is 4.60. The van der Waals surface area contributed by atoms with Crippen LogP contribution in [0.2, 0.25) is 0 Å². The summed E-state index contributed by atoms with van der Waals surface area (Å²) < 4.78 is 2.13. The van der Waals surface area contributed by atoms with Gasteiger partial charge in [-0.25, -0.2) is 4.68 Å². The minimum absolute atomic E-state index is 1.12. The lowest BCUT2D eigenvalue weighted by molar-refractivity contribution is 0.815. The van der Waals surface area contributed by atoms with E-state index in [1.165, 1.54) is 44.1 Å². The summed E-state index contributed by atoms with van der Waals surface area (Å²) in [5.41, 5.74) is 10.4. The Balaban J connectivity index is 2.84. The van der Waals surface area contributed by atoms with Crippen molar-refractivity contribution >= 4 is 11.8 Å². The van der Waals surface area contributed by atoms with E-state index < -0.39 is 0 Å². The van der Waals surface area contributed by atoms with E-state index in [-0.39, 0.29) is 0 Å². The Kier molecular flexibility index (Phi) is 4.01. The molecule has 1 aromatic heterocycles. The second kappa shape index (κ2) is 5.28. The average Bonchev–Trinajstić information content (AvgIpc) is 2.69. The molecule has 2 nitrogen and oxygen atoms in total. The fourth-order valence-corrected chi connectivity index (χ4v) is 3.66. The molecule has 0 aliphatic carbocycles. The first-order valence-electron chi connectivity index (χ1n) is 6.98. The van der Waals surface area contributed by atoms with Crippen LogP contribution in [0.1, 0.15) is 39.2 Å². The molecule has 0 bridgehead atoms. The Labute approximate surface area is 126 Å². The third-order valence-corrected chi connectivity index (χ3v) is 5.60. The molecule has 0 unspecified atom stereocenters. The van der Waals surface area contributed by atoms with E-state index in [9.17, 15) is 0 Å². The maximum Gasteiger partial charge on any atom is 0.0736 e. The summed E-state index contributed by atoms with van der Waals surface area (Å²) in [6, 6.07) is 0. The average molecular weight is 288 g/mol. The van der Waals surface area contributed by atoms with Crippen LogP contribution in [0, 0.1) is 48.5 Å². The molecule has 0 aliphatic heterocycles. The van der Waals surface area contributed by atoms with Gasteiger partial charge in [0, 0.05) is 0 Å². The molecule has 0 atom stereocenters. The summed E-state index contributed by atoms with van der Waals surface area (Å²) in [6.07, 6.45) is 2.12. The van der Waals surface area contributed by atoms with Gasteiger partial charge in [-0.3, -0.25) is 0 Å². The standard InChI is InChI=1S/C17H24N2S/c1-9-10(2)12(4)16(13(5)11(9)3)19-15(7)17(20-8)14(6)18-19/h1-8H3. The molecule has 0 fully saturated rings. The highest BCUT2D eigenvalue weighted by atomic mass is 32.2. The monoisotopic (exact) mass is 288 g/mol. The van der Waals surface area contributed by atoms with Gasteiger partial charge in [0.15, 0.2) is 0 Å². The van der Waals surface area contributed by atoms with Crippen molar-refractivity contribution in [1.29, 1.82) is 0 Å². The summed E-state index contributed by atoms with van der Waals surface area (Å²) >= 11 is 1.78. The highest BCUT2D eigenvalue weighted by Gasteiger charge is 2.18. The van der Waals surface area contributed by atoms with Gasteiger partial charge in [0.05, 0.1) is 22.0 Å². The molecular formula is C17H24N2S. The summed E-state index contributed by atoms with van der Waals surface area (Å²) in [4.78, 5) is 1.29. The van der Waals surface area contributed by atoms with E-state index in [1.54, 1.807) is 11.8 Å². The number of hydrogen-bond donors (Lipinski definition) is 0. The van der Waals surface area contributed by atoms with Gasteiger partial charge in [-0.05, 0) is 82.5 Å². The van der Waals surface area contributed by atoms with Crippen molar-refractivity contribution in [3.63, 3.8) is 0 Å². The van der Waals surface area contributed by atoms with Crippen molar-refractivity contribution < 1.29 is 0 Å². The van der Waals surface area contributed by atoms with Crippen LogP contribution in [0.25, 0.3) is 5.69 Å². The van der Waals surface area contributed by atoms with E-state index in [1.807, 2.05) is 0 Å². The molecule has 0 saturated heterocycles. The molecule has 0 N–H and O–H groups in total. The van der Waals surface area contributed by atoms with Crippen LogP contribution in [0.3, 0.4) is 0 Å². The Morgan fingerprint density at radius 2 is 1.20 bits per heavy atom. The van der Waals surface area contributed by atoms with Gasteiger partial charge in [-0.1, -0.05) is 0 Å². The first kappa shape index (κ1) is 15.2. The third kappa shape index (κ3) is 2.08. The molecule has 0 spiro atoms. The predicted octanol–water partition coefficient (Wildman–Crippen LogP) is 4.75. The van der Waals surface area contributed by atoms with Gasteiger partial charge < -0.3 is 0 Å². The summed E-state index contributed by atoms with van der Waals surface area (Å²) in [5, 5.41) is 4.78. The molecule has 0 amide bonds. The maximum absolute atomic E-state index is 4.78. The van der Waals surface area contributed by atoms with Crippen molar-refractivity contribution in [3.8, 4) is 5.69 Å². The lowest BCUT2D eigenvalue weighted by Crippen LogP contribution is -2.08. The quantitative estimate of drug-likeness (QED) is 0.742. The number of benzene rings is 1. The van der Waals surface area contributed by atoms with Crippen molar-refractivity contribution in [2.24, 2.45) is 0 Å². The van der Waals surface area contributed by atoms with Gasteiger partial charge >= 0.3 is 0 Å². The second-order valence-electron chi connectivity index (χ2n) is 5.59. The molecule has 1 heterocycles. The fourth-order valence-electron chi connectivity index (χ4n) is 2.94. The Hall–Kier alpha value is -1.22. The predicted molar refractivity (Wildman–Crippen MR) is 88.5 cm³/mol. The molecule has 0 radical (unpaired) electrons. The zero-order valence-corrected chi connectivity index (χ0v) is 14.6. The van der Waals surface area contributed by atoms with Crippen molar-refractivity contribution in [3.05, 3.63) is 39.2 Å². The molecule has 2 aromatic rings. The van der Waals surface area contributed by atoms with E-state index in [0.717, 1.165) is 5.69 Å². The van der Waals surface area contributed by atoms with Crippen molar-refractivity contribution in [2.45, 2.75) is 53.4 Å². The molecule has 0 saturated carbocycles. The molecule has 0 aliphatic rings. The van der Waals surface area contributed by atoms with Crippen LogP contribution in [0.4, 0.5) is 0 Å². The van der Waals surface area contributed by atoms with E-state index in [4.69, 9.17) is 5.10 Å². The van der Waals surface area contributed by atoms with Gasteiger partial charge in [-0.2, -0.15) is 5.10 Å². The smallest absolute Gasteiger partial charge is 0.0736 e. The molecule has 3 heteroatoms. The summed E-state index contributed by atoms with van der Waals surface area (Å²) in [7, 11) is 0. The highest BCUT2D eigenvalue weighted by Crippen LogP contribution is 2.32. The van der Waals surface area contributed by atoms with Crippen LogP contribution in [0.5, 0.6) is 0 Å². The SMILES string of the molecule is CSc1c(C)nn(-c2c(C)c(C)c(C)c(C)c2C)c1C. The maximum atomic E-state index is 4.78. The lowest BCUT2D eigenvalue weighted by atomic mass is 9.93. The van der Waals surface area contributed by atoms with Crippen LogP contribution in [0.15, 0.2) is 4.90 Å². The highest BCUT2D eigenvalue weighted by molar-refractivity contribution is 7.98. The fraction of sp³-hybridized carbons (Fsp3) is 0.471. The van der Waals surface area contributed by atoms with Crippen LogP contribution >= 0.6 is 11.8 Å². The molecule has 1 aromatic carbocycles. The minimum atomic E-state index is 1.12. The van der Waals surface area contributed by atoms with E-state index >= 15 is 0 Å². The van der Waals surface area contributed by atoms with Crippen LogP contribution in [-0.2, 0) is 0 Å². The molecule has 2 rings (SSSR count). The Bertz CT molecular complexity index is 652. The number of rotatable bonds is 2. The second-order valence-corrected chi connectivity index (χ2v) is 6.41. The zero-order chi connectivity index (χ0) is 15.2. The number of hydrogen-bond acceptors (Lipinski definition) is 2. The minimum Gasteiger partial charge on any atom is -0.236 e. The molecular weight excluding hydrogens is 264 g/mol. The first-order chi connectivity index (χ1) is 9.31. The van der Waals surface area contributed by atoms with Crippen LogP contribution in [-0.4, -0.2) is 16.0 Å². The Morgan fingerprint density at radius 3 is 1.60 bits per heavy atom. The zero-order valence-electron chi connectivity index (χ0n) is 13.8. The Morgan fingerprint density at radius 1 is 0.750 bits per heavy atom. The number of thioether (sulfide) groups is 1. The van der Waals surface area contributed by atoms with Gasteiger partial charge in [-0.15, -0.1) is 11.8 Å². The topological polar surface area (TPSA) is 17.8 Å². The number of nitrogens with zero attached hydrogens (tertiary/aromatic N) is 2. The number of aryl methyl sites for hydroxylation is 1. The molecule has 108 valence electrons. The van der Waals surface area contributed by atoms with Gasteiger partial charge in [0.1, 0.15) is 0 Å². The van der Waals surface area contributed by atoms with E-state index in [0.29, 0.717) is 0 Å². The van der Waals surface area contributed by atoms with Gasteiger partial charge in [0.25, 0.3) is 0 Å². The number of aromatic nitrogens is 2. The first-order valence-corrected chi connectivity index (χ1v) is 8.21. The van der Waals surface area contributed by atoms with Crippen molar-refractivity contribution in [2.75, 3.05) is 6.26 Å². The normalized spacial score (nSPS) is 11.2. The summed E-state index contributed by atoms with van der Waals surface area (Å²) in [5.74, 6) is 0. The lowest BCUT2D eigenvalue weighted by Gasteiger charge is -2.19. The largest absolute Gasteiger partial charge is 0.236 e. The van der Waals surface area contributed by atoms with Crippen molar-refractivity contribution in [1.82, 2.24) is 9.78 Å². The van der Waals surface area contributed by atoms with Crippen LogP contribution < -0.4 is 0 Å². The molecule has 20 heavy (non-hydrogen) atoms.